The van der Waals surface area contributed by atoms with Gasteiger partial charge in [0.1, 0.15) is 0 Å². The Balaban J connectivity index is 2.30. The summed E-state index contributed by atoms with van der Waals surface area (Å²) in [6.07, 6.45) is 2.01. The normalized spacial score (nSPS) is 19.4. The van der Waals surface area contributed by atoms with Crippen LogP contribution in [0.4, 0.5) is 4.79 Å². The van der Waals surface area contributed by atoms with Gasteiger partial charge in [-0.05, 0) is 42.5 Å². The predicted octanol–water partition coefficient (Wildman–Crippen LogP) is 3.09. The summed E-state index contributed by atoms with van der Waals surface area (Å²) >= 11 is 3.42. The highest BCUT2D eigenvalue weighted by atomic mass is 79.9. The van der Waals surface area contributed by atoms with Crippen LogP contribution in [0, 0.1) is 0 Å². The number of nitrogens with one attached hydrogen (secondary N) is 1. The van der Waals surface area contributed by atoms with Crippen molar-refractivity contribution in [1.29, 1.82) is 0 Å². The molecule has 4 heteroatoms. The summed E-state index contributed by atoms with van der Waals surface area (Å²) in [5.41, 5.74) is 2.36. The second-order valence-electron chi connectivity index (χ2n) is 3.74. The minimum atomic E-state index is -0.948. The number of carbonyl (C=O) groups is 1. The molecule has 1 aromatic rings. The number of carboxylic acid groups (broad SMARTS) is 1. The Labute approximate surface area is 96.6 Å². The number of halogens is 1. The van der Waals surface area contributed by atoms with E-state index < -0.39 is 6.09 Å². The third-order valence-electron chi connectivity index (χ3n) is 2.72. The second-order valence-corrected chi connectivity index (χ2v) is 4.65. The topological polar surface area (TPSA) is 49.3 Å². The van der Waals surface area contributed by atoms with Crippen molar-refractivity contribution in [3.8, 4) is 0 Å². The van der Waals surface area contributed by atoms with Gasteiger partial charge in [0.05, 0.1) is 6.04 Å². The highest BCUT2D eigenvalue weighted by Gasteiger charge is 2.21. The average Bonchev–Trinajstić information content (AvgIpc) is 2.16. The Hall–Kier alpha value is -1.03. The summed E-state index contributed by atoms with van der Waals surface area (Å²) in [5.74, 6) is 0. The zero-order chi connectivity index (χ0) is 10.8. The van der Waals surface area contributed by atoms with Gasteiger partial charge in [0, 0.05) is 4.47 Å². The fourth-order valence-corrected chi connectivity index (χ4v) is 2.49. The summed E-state index contributed by atoms with van der Waals surface area (Å²) in [5, 5.41) is 11.3. The molecule has 1 aliphatic carbocycles. The molecule has 0 heterocycles. The monoisotopic (exact) mass is 269 g/mol. The fraction of sp³-hybridized carbons (Fsp3) is 0.364. The minimum Gasteiger partial charge on any atom is -0.465 e. The van der Waals surface area contributed by atoms with Gasteiger partial charge in [0.2, 0.25) is 0 Å². The van der Waals surface area contributed by atoms with Crippen LogP contribution < -0.4 is 5.32 Å². The van der Waals surface area contributed by atoms with Crippen LogP contribution in [0.3, 0.4) is 0 Å². The van der Waals surface area contributed by atoms with E-state index in [4.69, 9.17) is 5.11 Å². The van der Waals surface area contributed by atoms with Gasteiger partial charge < -0.3 is 10.4 Å². The first-order valence-electron chi connectivity index (χ1n) is 4.94. The van der Waals surface area contributed by atoms with Crippen molar-refractivity contribution in [2.24, 2.45) is 0 Å². The number of aryl methyl sites for hydroxylation is 1. The number of rotatable bonds is 1. The van der Waals surface area contributed by atoms with Gasteiger partial charge in [0.15, 0.2) is 0 Å². The van der Waals surface area contributed by atoms with Crippen molar-refractivity contribution in [2.45, 2.75) is 25.3 Å². The number of benzene rings is 1. The maximum Gasteiger partial charge on any atom is 0.405 e. The summed E-state index contributed by atoms with van der Waals surface area (Å²) in [7, 11) is 0. The van der Waals surface area contributed by atoms with Crippen molar-refractivity contribution in [3.63, 3.8) is 0 Å². The Morgan fingerprint density at radius 3 is 3.07 bits per heavy atom. The summed E-state index contributed by atoms with van der Waals surface area (Å²) in [6.45, 7) is 0. The molecular weight excluding hydrogens is 258 g/mol. The molecule has 3 nitrogen and oxygen atoms in total. The molecule has 0 saturated carbocycles. The molecule has 0 radical (unpaired) electrons. The van der Waals surface area contributed by atoms with Gasteiger partial charge in [-0.25, -0.2) is 4.79 Å². The largest absolute Gasteiger partial charge is 0.465 e. The van der Waals surface area contributed by atoms with E-state index in [1.54, 1.807) is 0 Å². The summed E-state index contributed by atoms with van der Waals surface area (Å²) < 4.78 is 1.05. The average molecular weight is 270 g/mol. The molecule has 1 aromatic carbocycles. The second kappa shape index (κ2) is 4.23. The minimum absolute atomic E-state index is 0.0423. The highest BCUT2D eigenvalue weighted by Crippen LogP contribution is 2.31. The Bertz CT molecular complexity index is 392. The number of hydrogen-bond acceptors (Lipinski definition) is 1. The molecule has 1 amide bonds. The fourth-order valence-electron chi connectivity index (χ4n) is 2.08. The van der Waals surface area contributed by atoms with Crippen LogP contribution in [0.25, 0.3) is 0 Å². The number of fused-ring (bicyclic) bond motifs is 1. The van der Waals surface area contributed by atoms with Crippen LogP contribution in [0.2, 0.25) is 0 Å². The first kappa shape index (κ1) is 10.5. The van der Waals surface area contributed by atoms with Gasteiger partial charge in [-0.2, -0.15) is 0 Å². The van der Waals surface area contributed by atoms with E-state index in [0.29, 0.717) is 0 Å². The molecule has 0 fully saturated rings. The molecule has 80 valence electrons. The lowest BCUT2D eigenvalue weighted by atomic mass is 9.88. The van der Waals surface area contributed by atoms with Gasteiger partial charge in [-0.15, -0.1) is 0 Å². The van der Waals surface area contributed by atoms with Gasteiger partial charge >= 0.3 is 6.09 Å². The van der Waals surface area contributed by atoms with Crippen LogP contribution in [-0.2, 0) is 6.42 Å². The molecule has 2 N–H and O–H groups in total. The zero-order valence-electron chi connectivity index (χ0n) is 8.16. The third-order valence-corrected chi connectivity index (χ3v) is 3.21. The molecule has 0 saturated heterocycles. The van der Waals surface area contributed by atoms with Crippen LogP contribution in [-0.4, -0.2) is 11.2 Å². The lowest BCUT2D eigenvalue weighted by molar-refractivity contribution is 0.188. The lowest BCUT2D eigenvalue weighted by Crippen LogP contribution is -2.29. The van der Waals surface area contributed by atoms with E-state index in [1.807, 2.05) is 12.1 Å². The highest BCUT2D eigenvalue weighted by molar-refractivity contribution is 9.10. The van der Waals surface area contributed by atoms with Crippen molar-refractivity contribution >= 4 is 22.0 Å². The first-order valence-corrected chi connectivity index (χ1v) is 5.74. The number of hydrogen-bond donors (Lipinski definition) is 2. The van der Waals surface area contributed by atoms with Crippen LogP contribution in [0.1, 0.15) is 30.0 Å². The smallest absolute Gasteiger partial charge is 0.405 e. The molecule has 0 bridgehead atoms. The molecule has 1 unspecified atom stereocenters. The quantitative estimate of drug-likeness (QED) is 0.823. The standard InChI is InChI=1S/C11H12BrNO2/c12-8-4-5-9-7(6-8)2-1-3-10(9)13-11(14)15/h4-6,10,13H,1-3H2,(H,14,15). The Morgan fingerprint density at radius 2 is 2.33 bits per heavy atom. The van der Waals surface area contributed by atoms with Crippen molar-refractivity contribution in [3.05, 3.63) is 33.8 Å². The maximum absolute atomic E-state index is 10.6. The van der Waals surface area contributed by atoms with Crippen molar-refractivity contribution < 1.29 is 9.90 Å². The van der Waals surface area contributed by atoms with Crippen molar-refractivity contribution in [1.82, 2.24) is 5.32 Å². The maximum atomic E-state index is 10.6. The molecule has 0 aliphatic heterocycles. The van der Waals surface area contributed by atoms with E-state index in [9.17, 15) is 4.79 Å². The molecular formula is C11H12BrNO2. The van der Waals surface area contributed by atoms with Crippen LogP contribution in [0.5, 0.6) is 0 Å². The Kier molecular flexibility index (Phi) is 2.95. The number of amides is 1. The van der Waals surface area contributed by atoms with E-state index in [-0.39, 0.29) is 6.04 Å². The molecule has 0 spiro atoms. The molecule has 15 heavy (non-hydrogen) atoms. The SMILES string of the molecule is O=C(O)NC1CCCc2cc(Br)ccc21. The summed E-state index contributed by atoms with van der Waals surface area (Å²) in [6, 6.07) is 5.99. The van der Waals surface area contributed by atoms with Gasteiger partial charge in [-0.3, -0.25) is 0 Å². The third kappa shape index (κ3) is 2.31. The summed E-state index contributed by atoms with van der Waals surface area (Å²) in [4.78, 5) is 10.6. The first-order chi connectivity index (χ1) is 7.16. The Morgan fingerprint density at radius 1 is 1.53 bits per heavy atom. The van der Waals surface area contributed by atoms with Crippen molar-refractivity contribution in [2.75, 3.05) is 0 Å². The van der Waals surface area contributed by atoms with Gasteiger partial charge in [-0.1, -0.05) is 22.0 Å². The van der Waals surface area contributed by atoms with Crippen LogP contribution in [0.15, 0.2) is 22.7 Å². The van der Waals surface area contributed by atoms with E-state index >= 15 is 0 Å². The van der Waals surface area contributed by atoms with E-state index in [1.165, 1.54) is 5.56 Å². The molecule has 2 rings (SSSR count). The molecule has 0 aromatic heterocycles. The predicted molar refractivity (Wildman–Crippen MR) is 61.0 cm³/mol. The lowest BCUT2D eigenvalue weighted by Gasteiger charge is -2.25. The molecule has 1 atom stereocenters. The van der Waals surface area contributed by atoms with Crippen LogP contribution >= 0.6 is 15.9 Å². The van der Waals surface area contributed by atoms with Gasteiger partial charge in [0.25, 0.3) is 0 Å². The van der Waals surface area contributed by atoms with E-state index in [2.05, 4.69) is 27.3 Å². The zero-order valence-corrected chi connectivity index (χ0v) is 9.75. The van der Waals surface area contributed by atoms with E-state index in [0.717, 1.165) is 29.3 Å². The molecule has 1 aliphatic rings.